The third kappa shape index (κ3) is 2.52. The summed E-state index contributed by atoms with van der Waals surface area (Å²) in [5.74, 6) is -0.906. The lowest BCUT2D eigenvalue weighted by molar-refractivity contribution is -0.137. The first-order chi connectivity index (χ1) is 6.52. The van der Waals surface area contributed by atoms with Crippen LogP contribution in [-0.4, -0.2) is 16.1 Å². The summed E-state index contributed by atoms with van der Waals surface area (Å²) in [6.07, 6.45) is 3.18. The predicted octanol–water partition coefficient (Wildman–Crippen LogP) is 1.63. The summed E-state index contributed by atoms with van der Waals surface area (Å²) >= 11 is 3.32. The van der Waals surface area contributed by atoms with Crippen LogP contribution in [0.1, 0.15) is 23.6 Å². The van der Waals surface area contributed by atoms with Gasteiger partial charge >= 0.3 is 5.97 Å². The summed E-state index contributed by atoms with van der Waals surface area (Å²) in [5, 5.41) is 8.59. The number of hydrogen-bond acceptors (Lipinski definition) is 3. The van der Waals surface area contributed by atoms with E-state index in [1.54, 1.807) is 12.4 Å². The van der Waals surface area contributed by atoms with E-state index in [9.17, 15) is 4.79 Å². The highest BCUT2D eigenvalue weighted by Crippen LogP contribution is 2.23. The van der Waals surface area contributed by atoms with E-state index in [0.29, 0.717) is 0 Å². The van der Waals surface area contributed by atoms with E-state index in [1.807, 2.05) is 6.92 Å². The Morgan fingerprint density at radius 2 is 2.36 bits per heavy atom. The quantitative estimate of drug-likeness (QED) is 0.864. The van der Waals surface area contributed by atoms with Crippen molar-refractivity contribution < 1.29 is 9.90 Å². The Hall–Kier alpha value is -0.940. The molecule has 1 aromatic rings. The van der Waals surface area contributed by atoms with Gasteiger partial charge in [0.15, 0.2) is 0 Å². The summed E-state index contributed by atoms with van der Waals surface area (Å²) in [6, 6.07) is -0.502. The highest BCUT2D eigenvalue weighted by Gasteiger charge is 2.14. The maximum Gasteiger partial charge on any atom is 0.305 e. The second-order valence-corrected chi connectivity index (χ2v) is 3.89. The van der Waals surface area contributed by atoms with E-state index in [2.05, 4.69) is 20.9 Å². The maximum absolute atomic E-state index is 10.5. The van der Waals surface area contributed by atoms with E-state index >= 15 is 0 Å². The van der Waals surface area contributed by atoms with Gasteiger partial charge in [-0.1, -0.05) is 0 Å². The van der Waals surface area contributed by atoms with E-state index in [0.717, 1.165) is 15.6 Å². The Bertz CT molecular complexity index is 355. The fourth-order valence-electron chi connectivity index (χ4n) is 1.19. The molecule has 76 valence electrons. The minimum Gasteiger partial charge on any atom is -0.481 e. The molecule has 1 heterocycles. The fraction of sp³-hybridized carbons (Fsp3) is 0.333. The van der Waals surface area contributed by atoms with Crippen molar-refractivity contribution in [1.29, 1.82) is 0 Å². The number of pyridine rings is 1. The van der Waals surface area contributed by atoms with Crippen molar-refractivity contribution in [3.63, 3.8) is 0 Å². The van der Waals surface area contributed by atoms with Gasteiger partial charge in [0.05, 0.1) is 6.42 Å². The van der Waals surface area contributed by atoms with Gasteiger partial charge in [-0.05, 0) is 34.0 Å². The maximum atomic E-state index is 10.5. The van der Waals surface area contributed by atoms with Crippen molar-refractivity contribution in [3.05, 3.63) is 28.0 Å². The van der Waals surface area contributed by atoms with Crippen LogP contribution in [0.3, 0.4) is 0 Å². The van der Waals surface area contributed by atoms with Crippen LogP contribution in [-0.2, 0) is 4.79 Å². The van der Waals surface area contributed by atoms with E-state index in [4.69, 9.17) is 10.8 Å². The fourth-order valence-corrected chi connectivity index (χ4v) is 1.53. The number of halogens is 1. The van der Waals surface area contributed by atoms with Gasteiger partial charge in [0.1, 0.15) is 0 Å². The van der Waals surface area contributed by atoms with Gasteiger partial charge in [0, 0.05) is 22.9 Å². The molecule has 0 fully saturated rings. The first-order valence-electron chi connectivity index (χ1n) is 4.09. The molecule has 1 atom stereocenters. The van der Waals surface area contributed by atoms with Crippen LogP contribution < -0.4 is 5.73 Å². The topological polar surface area (TPSA) is 76.2 Å². The van der Waals surface area contributed by atoms with Crippen LogP contribution in [0.5, 0.6) is 0 Å². The van der Waals surface area contributed by atoms with Gasteiger partial charge in [0.25, 0.3) is 0 Å². The minimum atomic E-state index is -0.906. The molecule has 1 aromatic heterocycles. The van der Waals surface area contributed by atoms with Crippen LogP contribution in [0, 0.1) is 6.92 Å². The number of rotatable bonds is 3. The van der Waals surface area contributed by atoms with Gasteiger partial charge < -0.3 is 10.8 Å². The van der Waals surface area contributed by atoms with Crippen molar-refractivity contribution >= 4 is 21.9 Å². The first-order valence-corrected chi connectivity index (χ1v) is 4.89. The highest BCUT2D eigenvalue weighted by molar-refractivity contribution is 9.10. The Morgan fingerprint density at radius 1 is 1.71 bits per heavy atom. The summed E-state index contributed by atoms with van der Waals surface area (Å²) in [5.41, 5.74) is 7.43. The molecule has 0 saturated carbocycles. The first kappa shape index (κ1) is 11.1. The number of carboxylic acids is 1. The lowest BCUT2D eigenvalue weighted by atomic mass is 10.0. The van der Waals surface area contributed by atoms with Crippen LogP contribution >= 0.6 is 15.9 Å². The lowest BCUT2D eigenvalue weighted by Crippen LogP contribution is -2.16. The standard InChI is InChI=1S/C9H11BrN2O2/c1-5-6(3-12-4-7(5)10)8(11)2-9(13)14/h3-4,8H,2,11H2,1H3,(H,13,14). The molecule has 4 nitrogen and oxygen atoms in total. The number of nitrogens with zero attached hydrogens (tertiary/aromatic N) is 1. The summed E-state index contributed by atoms with van der Waals surface area (Å²) < 4.78 is 0.843. The molecule has 0 bridgehead atoms. The third-order valence-electron chi connectivity index (χ3n) is 1.99. The smallest absolute Gasteiger partial charge is 0.305 e. The summed E-state index contributed by atoms with van der Waals surface area (Å²) in [7, 11) is 0. The monoisotopic (exact) mass is 258 g/mol. The Kier molecular flexibility index (Phi) is 3.60. The SMILES string of the molecule is Cc1c(Br)cncc1C(N)CC(=O)O. The summed E-state index contributed by atoms with van der Waals surface area (Å²) in [6.45, 7) is 1.88. The van der Waals surface area contributed by atoms with Gasteiger partial charge in [-0.25, -0.2) is 0 Å². The number of carboxylic acid groups (broad SMARTS) is 1. The molecule has 0 aliphatic rings. The van der Waals surface area contributed by atoms with E-state index in [1.165, 1.54) is 0 Å². The second kappa shape index (κ2) is 4.52. The number of aliphatic carboxylic acids is 1. The number of aromatic nitrogens is 1. The van der Waals surface area contributed by atoms with Gasteiger partial charge in [0.2, 0.25) is 0 Å². The molecule has 0 aliphatic heterocycles. The average molecular weight is 259 g/mol. The largest absolute Gasteiger partial charge is 0.481 e. The number of carbonyl (C=O) groups is 1. The second-order valence-electron chi connectivity index (χ2n) is 3.04. The van der Waals surface area contributed by atoms with Crippen molar-refractivity contribution in [1.82, 2.24) is 4.98 Å². The molecule has 0 aliphatic carbocycles. The highest BCUT2D eigenvalue weighted by atomic mass is 79.9. The zero-order valence-electron chi connectivity index (χ0n) is 7.70. The van der Waals surface area contributed by atoms with Gasteiger partial charge in [-0.2, -0.15) is 0 Å². The van der Waals surface area contributed by atoms with Crippen LogP contribution in [0.4, 0.5) is 0 Å². The van der Waals surface area contributed by atoms with Crippen molar-refractivity contribution in [2.24, 2.45) is 5.73 Å². The molecule has 0 aromatic carbocycles. The average Bonchev–Trinajstić information content (AvgIpc) is 2.08. The molecule has 0 amide bonds. The Morgan fingerprint density at radius 3 is 2.93 bits per heavy atom. The van der Waals surface area contributed by atoms with Crippen LogP contribution in [0.25, 0.3) is 0 Å². The normalized spacial score (nSPS) is 12.5. The van der Waals surface area contributed by atoms with Gasteiger partial charge in [-0.3, -0.25) is 9.78 Å². The summed E-state index contributed by atoms with van der Waals surface area (Å²) in [4.78, 5) is 14.4. The van der Waals surface area contributed by atoms with Gasteiger partial charge in [-0.15, -0.1) is 0 Å². The predicted molar refractivity (Wildman–Crippen MR) is 55.9 cm³/mol. The molecule has 5 heteroatoms. The molecular weight excluding hydrogens is 248 g/mol. The number of nitrogens with two attached hydrogens (primary N) is 1. The third-order valence-corrected chi connectivity index (χ3v) is 2.79. The molecule has 14 heavy (non-hydrogen) atoms. The van der Waals surface area contributed by atoms with Crippen molar-refractivity contribution in [3.8, 4) is 0 Å². The zero-order chi connectivity index (χ0) is 10.7. The Balaban J connectivity index is 2.95. The molecule has 1 rings (SSSR count). The molecule has 3 N–H and O–H groups in total. The zero-order valence-corrected chi connectivity index (χ0v) is 9.28. The molecule has 0 saturated heterocycles. The molecular formula is C9H11BrN2O2. The number of hydrogen-bond donors (Lipinski definition) is 2. The molecule has 0 radical (unpaired) electrons. The van der Waals surface area contributed by atoms with Crippen LogP contribution in [0.15, 0.2) is 16.9 Å². The van der Waals surface area contributed by atoms with Crippen molar-refractivity contribution in [2.45, 2.75) is 19.4 Å². The van der Waals surface area contributed by atoms with Crippen LogP contribution in [0.2, 0.25) is 0 Å². The Labute approximate surface area is 90.3 Å². The minimum absolute atomic E-state index is 0.0844. The molecule has 0 spiro atoms. The van der Waals surface area contributed by atoms with E-state index < -0.39 is 12.0 Å². The van der Waals surface area contributed by atoms with Crippen molar-refractivity contribution in [2.75, 3.05) is 0 Å². The lowest BCUT2D eigenvalue weighted by Gasteiger charge is -2.12. The molecule has 1 unspecified atom stereocenters. The van der Waals surface area contributed by atoms with E-state index in [-0.39, 0.29) is 6.42 Å².